The van der Waals surface area contributed by atoms with E-state index in [0.29, 0.717) is 12.0 Å². The number of amides is 1. The van der Waals surface area contributed by atoms with E-state index in [-0.39, 0.29) is 25.0 Å². The van der Waals surface area contributed by atoms with Crippen molar-refractivity contribution in [2.75, 3.05) is 0 Å². The topological polar surface area (TPSA) is 86.6 Å². The van der Waals surface area contributed by atoms with E-state index < -0.39 is 5.97 Å². The van der Waals surface area contributed by atoms with Gasteiger partial charge in [0.15, 0.2) is 0 Å². The molecule has 0 aliphatic carbocycles. The van der Waals surface area contributed by atoms with Crippen LogP contribution in [0.3, 0.4) is 0 Å². The zero-order valence-electron chi connectivity index (χ0n) is 10.2. The Labute approximate surface area is 105 Å². The third kappa shape index (κ3) is 4.18. The van der Waals surface area contributed by atoms with Crippen molar-refractivity contribution in [2.24, 2.45) is 0 Å². The summed E-state index contributed by atoms with van der Waals surface area (Å²) >= 11 is 0. The number of carboxylic acid groups (broad SMARTS) is 1. The minimum absolute atomic E-state index is 0.0709. The second kappa shape index (κ2) is 6.76. The highest BCUT2D eigenvalue weighted by atomic mass is 16.4. The number of aliphatic carboxylic acids is 1. The van der Waals surface area contributed by atoms with Crippen molar-refractivity contribution in [3.05, 3.63) is 35.4 Å². The molecule has 0 aliphatic heterocycles. The van der Waals surface area contributed by atoms with Crippen LogP contribution in [0.15, 0.2) is 24.3 Å². The van der Waals surface area contributed by atoms with Crippen LogP contribution in [0.2, 0.25) is 0 Å². The highest BCUT2D eigenvalue weighted by molar-refractivity contribution is 5.94. The Morgan fingerprint density at radius 3 is 2.33 bits per heavy atom. The molecule has 3 N–H and O–H groups in total. The van der Waals surface area contributed by atoms with Crippen LogP contribution in [0.25, 0.3) is 0 Å². The summed E-state index contributed by atoms with van der Waals surface area (Å²) in [5.74, 6) is -1.23. The van der Waals surface area contributed by atoms with Crippen LogP contribution in [0.5, 0.6) is 0 Å². The second-order valence-corrected chi connectivity index (χ2v) is 4.03. The quantitative estimate of drug-likeness (QED) is 0.708. The average Bonchev–Trinajstić information content (AvgIpc) is 2.37. The van der Waals surface area contributed by atoms with E-state index in [1.807, 2.05) is 6.92 Å². The first-order valence-corrected chi connectivity index (χ1v) is 5.79. The number of aliphatic hydroxyl groups excluding tert-OH is 1. The van der Waals surface area contributed by atoms with Crippen LogP contribution in [0, 0.1) is 0 Å². The Morgan fingerprint density at radius 2 is 1.89 bits per heavy atom. The van der Waals surface area contributed by atoms with Gasteiger partial charge in [-0.25, -0.2) is 0 Å². The Kier molecular flexibility index (Phi) is 5.32. The van der Waals surface area contributed by atoms with Gasteiger partial charge in [-0.2, -0.15) is 0 Å². The Morgan fingerprint density at radius 1 is 1.28 bits per heavy atom. The fourth-order valence-electron chi connectivity index (χ4n) is 1.54. The summed E-state index contributed by atoms with van der Waals surface area (Å²) in [7, 11) is 0. The summed E-state index contributed by atoms with van der Waals surface area (Å²) in [4.78, 5) is 22.4. The first-order valence-electron chi connectivity index (χ1n) is 5.79. The zero-order chi connectivity index (χ0) is 13.5. The molecule has 0 aromatic heterocycles. The molecule has 1 aromatic rings. The van der Waals surface area contributed by atoms with Crippen LogP contribution < -0.4 is 5.32 Å². The van der Waals surface area contributed by atoms with E-state index in [0.717, 1.165) is 5.56 Å². The Bertz CT molecular complexity index is 414. The minimum Gasteiger partial charge on any atom is -0.481 e. The third-order valence-corrected chi connectivity index (χ3v) is 2.65. The fraction of sp³-hybridized carbons (Fsp3) is 0.385. The lowest BCUT2D eigenvalue weighted by Crippen LogP contribution is -2.36. The summed E-state index contributed by atoms with van der Waals surface area (Å²) in [6.07, 6.45) is 0.476. The van der Waals surface area contributed by atoms with Gasteiger partial charge in [0.05, 0.1) is 13.0 Å². The highest BCUT2D eigenvalue weighted by Gasteiger charge is 2.14. The molecule has 0 fully saturated rings. The number of hydrogen-bond acceptors (Lipinski definition) is 3. The first-order chi connectivity index (χ1) is 8.56. The standard InChI is InChI=1S/C13H17NO4/c1-2-11(7-12(16)17)14-13(18)10-5-3-9(8-15)4-6-10/h3-6,11,15H,2,7-8H2,1H3,(H,14,18)(H,16,17). The number of benzene rings is 1. The van der Waals surface area contributed by atoms with E-state index in [2.05, 4.69) is 5.32 Å². The molecule has 0 heterocycles. The number of carboxylic acids is 1. The molecule has 1 amide bonds. The van der Waals surface area contributed by atoms with E-state index in [1.54, 1.807) is 24.3 Å². The molecule has 1 atom stereocenters. The van der Waals surface area contributed by atoms with Gasteiger partial charge in [-0.1, -0.05) is 19.1 Å². The largest absolute Gasteiger partial charge is 0.481 e. The zero-order valence-corrected chi connectivity index (χ0v) is 10.2. The van der Waals surface area contributed by atoms with Crippen molar-refractivity contribution in [2.45, 2.75) is 32.4 Å². The molecule has 5 nitrogen and oxygen atoms in total. The fourth-order valence-corrected chi connectivity index (χ4v) is 1.54. The summed E-state index contributed by atoms with van der Waals surface area (Å²) in [6.45, 7) is 1.75. The molecule has 98 valence electrons. The van der Waals surface area contributed by atoms with Gasteiger partial charge < -0.3 is 15.5 Å². The van der Waals surface area contributed by atoms with Crippen LogP contribution in [0.1, 0.15) is 35.7 Å². The predicted molar refractivity (Wildman–Crippen MR) is 66.2 cm³/mol. The molecular formula is C13H17NO4. The van der Waals surface area contributed by atoms with Crippen molar-refractivity contribution >= 4 is 11.9 Å². The molecule has 18 heavy (non-hydrogen) atoms. The number of hydrogen-bond donors (Lipinski definition) is 3. The van der Waals surface area contributed by atoms with Crippen molar-refractivity contribution in [3.63, 3.8) is 0 Å². The van der Waals surface area contributed by atoms with E-state index in [1.165, 1.54) is 0 Å². The lowest BCUT2D eigenvalue weighted by atomic mass is 10.1. The van der Waals surface area contributed by atoms with Crippen LogP contribution in [-0.4, -0.2) is 28.1 Å². The van der Waals surface area contributed by atoms with Crippen molar-refractivity contribution in [1.82, 2.24) is 5.32 Å². The van der Waals surface area contributed by atoms with E-state index >= 15 is 0 Å². The maximum atomic E-state index is 11.8. The van der Waals surface area contributed by atoms with Gasteiger partial charge in [0, 0.05) is 11.6 Å². The van der Waals surface area contributed by atoms with Gasteiger partial charge in [-0.05, 0) is 24.1 Å². The Hall–Kier alpha value is -1.88. The molecule has 5 heteroatoms. The van der Waals surface area contributed by atoms with Gasteiger partial charge in [0.1, 0.15) is 0 Å². The van der Waals surface area contributed by atoms with E-state index in [9.17, 15) is 9.59 Å². The number of aliphatic hydroxyl groups is 1. The van der Waals surface area contributed by atoms with Gasteiger partial charge in [-0.15, -0.1) is 0 Å². The van der Waals surface area contributed by atoms with Crippen LogP contribution in [0.4, 0.5) is 0 Å². The normalized spacial score (nSPS) is 11.9. The molecule has 1 aromatic carbocycles. The van der Waals surface area contributed by atoms with Gasteiger partial charge in [0.2, 0.25) is 0 Å². The lowest BCUT2D eigenvalue weighted by molar-refractivity contribution is -0.137. The smallest absolute Gasteiger partial charge is 0.305 e. The maximum Gasteiger partial charge on any atom is 0.305 e. The predicted octanol–water partition coefficient (Wildman–Crippen LogP) is 1.16. The number of carbonyl (C=O) groups is 2. The molecular weight excluding hydrogens is 234 g/mol. The Balaban J connectivity index is 2.65. The van der Waals surface area contributed by atoms with Crippen molar-refractivity contribution in [1.29, 1.82) is 0 Å². The van der Waals surface area contributed by atoms with Crippen molar-refractivity contribution in [3.8, 4) is 0 Å². The van der Waals surface area contributed by atoms with Crippen LogP contribution >= 0.6 is 0 Å². The monoisotopic (exact) mass is 251 g/mol. The SMILES string of the molecule is CCC(CC(=O)O)NC(=O)c1ccc(CO)cc1. The van der Waals surface area contributed by atoms with E-state index in [4.69, 9.17) is 10.2 Å². The summed E-state index contributed by atoms with van der Waals surface area (Å²) in [5.41, 5.74) is 1.18. The maximum absolute atomic E-state index is 11.8. The molecule has 0 saturated heterocycles. The molecule has 0 saturated carbocycles. The molecule has 0 spiro atoms. The molecule has 1 unspecified atom stereocenters. The molecule has 0 bridgehead atoms. The minimum atomic E-state index is -0.933. The summed E-state index contributed by atoms with van der Waals surface area (Å²) < 4.78 is 0. The van der Waals surface area contributed by atoms with Gasteiger partial charge in [-0.3, -0.25) is 9.59 Å². The number of nitrogens with one attached hydrogen (secondary N) is 1. The summed E-state index contributed by atoms with van der Waals surface area (Å²) in [5, 5.41) is 20.2. The van der Waals surface area contributed by atoms with Gasteiger partial charge in [0.25, 0.3) is 5.91 Å². The first kappa shape index (κ1) is 14.2. The third-order valence-electron chi connectivity index (χ3n) is 2.65. The van der Waals surface area contributed by atoms with Gasteiger partial charge >= 0.3 is 5.97 Å². The van der Waals surface area contributed by atoms with Crippen LogP contribution in [-0.2, 0) is 11.4 Å². The lowest BCUT2D eigenvalue weighted by Gasteiger charge is -2.14. The average molecular weight is 251 g/mol. The molecule has 1 rings (SSSR count). The summed E-state index contributed by atoms with van der Waals surface area (Å²) in [6, 6.07) is 6.16. The van der Waals surface area contributed by atoms with Crippen molar-refractivity contribution < 1.29 is 19.8 Å². The highest BCUT2D eigenvalue weighted by Crippen LogP contribution is 2.06. The number of carbonyl (C=O) groups excluding carboxylic acids is 1. The second-order valence-electron chi connectivity index (χ2n) is 4.03. The molecule has 0 radical (unpaired) electrons. The number of rotatable bonds is 6. The molecule has 0 aliphatic rings.